The third-order valence-corrected chi connectivity index (χ3v) is 4.18. The van der Waals surface area contributed by atoms with Gasteiger partial charge < -0.3 is 15.7 Å². The number of amides is 1. The van der Waals surface area contributed by atoms with Gasteiger partial charge >= 0.3 is 5.97 Å². The summed E-state index contributed by atoms with van der Waals surface area (Å²) in [5, 5.41) is 14.2. The molecule has 1 aliphatic heterocycles. The molecule has 0 aromatic heterocycles. The zero-order valence-corrected chi connectivity index (χ0v) is 11.8. The maximum Gasteiger partial charge on any atom is 0.337 e. The van der Waals surface area contributed by atoms with Crippen LogP contribution in [-0.4, -0.2) is 37.7 Å². The first-order valence-electron chi connectivity index (χ1n) is 6.11. The minimum Gasteiger partial charge on any atom is -0.478 e. The lowest BCUT2D eigenvalue weighted by atomic mass is 10.1. The molecule has 114 valence electrons. The van der Waals surface area contributed by atoms with Crippen molar-refractivity contribution in [3.8, 4) is 0 Å². The van der Waals surface area contributed by atoms with Gasteiger partial charge in [-0.3, -0.25) is 4.79 Å². The number of hydrogen-bond acceptors (Lipinski definition) is 5. The molecule has 1 aliphatic rings. The number of carboxylic acid groups (broad SMARTS) is 1. The molecule has 0 saturated carbocycles. The number of nitrogen functional groups attached to an aromatic ring is 1. The Labute approximate surface area is 121 Å². The van der Waals surface area contributed by atoms with Crippen molar-refractivity contribution in [1.29, 1.82) is 0 Å². The number of rotatable bonds is 4. The van der Waals surface area contributed by atoms with Crippen molar-refractivity contribution >= 4 is 33.3 Å². The molecule has 1 heterocycles. The average molecular weight is 313 g/mol. The van der Waals surface area contributed by atoms with E-state index in [4.69, 9.17) is 10.9 Å². The second-order valence-electron chi connectivity index (χ2n) is 4.95. The highest BCUT2D eigenvalue weighted by molar-refractivity contribution is 7.89. The minimum absolute atomic E-state index is 0.0101. The van der Waals surface area contributed by atoms with Gasteiger partial charge in [-0.15, -0.1) is 0 Å². The zero-order valence-electron chi connectivity index (χ0n) is 11.0. The van der Waals surface area contributed by atoms with Crippen LogP contribution in [0.2, 0.25) is 0 Å². The van der Waals surface area contributed by atoms with Gasteiger partial charge in [0.25, 0.3) is 0 Å². The van der Waals surface area contributed by atoms with Crippen molar-refractivity contribution in [3.05, 3.63) is 23.8 Å². The molecule has 1 fully saturated rings. The normalized spacial score (nSPS) is 19.0. The van der Waals surface area contributed by atoms with E-state index in [1.807, 2.05) is 0 Å². The molecule has 1 aromatic carbocycles. The predicted molar refractivity (Wildman–Crippen MR) is 76.2 cm³/mol. The van der Waals surface area contributed by atoms with Crippen LogP contribution in [0.5, 0.6) is 0 Å². The molecule has 8 nitrogen and oxygen atoms in total. The van der Waals surface area contributed by atoms with Gasteiger partial charge in [-0.05, 0) is 12.1 Å². The molecule has 0 spiro atoms. The molecule has 5 N–H and O–H groups in total. The maximum atomic E-state index is 12.0. The van der Waals surface area contributed by atoms with Gasteiger partial charge in [0.05, 0.1) is 22.7 Å². The van der Waals surface area contributed by atoms with Crippen LogP contribution in [-0.2, 0) is 14.8 Å². The van der Waals surface area contributed by atoms with E-state index in [0.717, 1.165) is 0 Å². The predicted octanol–water partition coefficient (Wildman–Crippen LogP) is -0.392. The van der Waals surface area contributed by atoms with Crippen LogP contribution in [0.1, 0.15) is 16.8 Å². The molecule has 2 rings (SSSR count). The molecule has 1 amide bonds. The molecule has 1 aromatic rings. The Hall–Kier alpha value is -2.13. The fraction of sp³-hybridized carbons (Fsp3) is 0.333. The number of carbonyl (C=O) groups is 2. The number of aromatic carboxylic acids is 1. The number of anilines is 2. The topological polar surface area (TPSA) is 144 Å². The third kappa shape index (κ3) is 3.31. The molecular weight excluding hydrogens is 298 g/mol. The standard InChI is InChI=1S/C12H15N3O5S/c13-9-3-1-2-8(12(17)18)11(9)15-5-7(4-10(15)16)6-21(14,19)20/h1-3,7H,4-6,13H2,(H,17,18)(H2,14,19,20). The Balaban J connectivity index is 2.36. The van der Waals surface area contributed by atoms with Crippen molar-refractivity contribution < 1.29 is 23.1 Å². The van der Waals surface area contributed by atoms with Crippen LogP contribution in [0.15, 0.2) is 18.2 Å². The Kier molecular flexibility index (Phi) is 3.88. The van der Waals surface area contributed by atoms with Crippen LogP contribution in [0.3, 0.4) is 0 Å². The molecule has 1 unspecified atom stereocenters. The van der Waals surface area contributed by atoms with Crippen molar-refractivity contribution in [1.82, 2.24) is 0 Å². The van der Waals surface area contributed by atoms with Gasteiger partial charge in [0.1, 0.15) is 0 Å². The van der Waals surface area contributed by atoms with E-state index in [-0.39, 0.29) is 41.6 Å². The summed E-state index contributed by atoms with van der Waals surface area (Å²) >= 11 is 0. The lowest BCUT2D eigenvalue weighted by Crippen LogP contribution is -2.29. The van der Waals surface area contributed by atoms with Crippen LogP contribution < -0.4 is 15.8 Å². The fourth-order valence-electron chi connectivity index (χ4n) is 2.47. The lowest BCUT2D eigenvalue weighted by Gasteiger charge is -2.20. The Bertz CT molecular complexity index is 701. The molecule has 0 aliphatic carbocycles. The molecular formula is C12H15N3O5S. The summed E-state index contributed by atoms with van der Waals surface area (Å²) < 4.78 is 22.2. The van der Waals surface area contributed by atoms with Gasteiger partial charge in [-0.2, -0.15) is 0 Å². The van der Waals surface area contributed by atoms with Gasteiger partial charge in [-0.1, -0.05) is 6.07 Å². The van der Waals surface area contributed by atoms with Crippen molar-refractivity contribution in [2.45, 2.75) is 6.42 Å². The van der Waals surface area contributed by atoms with E-state index in [1.54, 1.807) is 0 Å². The van der Waals surface area contributed by atoms with E-state index in [0.29, 0.717) is 0 Å². The van der Waals surface area contributed by atoms with E-state index >= 15 is 0 Å². The van der Waals surface area contributed by atoms with Crippen LogP contribution in [0.4, 0.5) is 11.4 Å². The van der Waals surface area contributed by atoms with Crippen LogP contribution >= 0.6 is 0 Å². The van der Waals surface area contributed by atoms with Crippen molar-refractivity contribution in [2.75, 3.05) is 22.9 Å². The molecule has 0 bridgehead atoms. The maximum absolute atomic E-state index is 12.0. The number of nitrogens with two attached hydrogens (primary N) is 2. The Morgan fingerprint density at radius 2 is 2.10 bits per heavy atom. The summed E-state index contributed by atoms with van der Waals surface area (Å²) in [7, 11) is -3.70. The molecule has 0 radical (unpaired) electrons. The molecule has 9 heteroatoms. The van der Waals surface area contributed by atoms with E-state index in [2.05, 4.69) is 0 Å². The van der Waals surface area contributed by atoms with Gasteiger partial charge in [0.15, 0.2) is 0 Å². The summed E-state index contributed by atoms with van der Waals surface area (Å²) in [4.78, 5) is 24.5. The summed E-state index contributed by atoms with van der Waals surface area (Å²) in [6.07, 6.45) is -0.0101. The summed E-state index contributed by atoms with van der Waals surface area (Å²) in [5.74, 6) is -2.39. The van der Waals surface area contributed by atoms with Crippen molar-refractivity contribution in [3.63, 3.8) is 0 Å². The SMILES string of the molecule is Nc1cccc(C(=O)O)c1N1CC(CS(N)(=O)=O)CC1=O. The number of sulfonamides is 1. The zero-order chi connectivity index (χ0) is 15.8. The third-order valence-electron chi connectivity index (χ3n) is 3.24. The number of carboxylic acids is 1. The largest absolute Gasteiger partial charge is 0.478 e. The highest BCUT2D eigenvalue weighted by Gasteiger charge is 2.35. The first kappa shape index (κ1) is 15.3. The first-order valence-corrected chi connectivity index (χ1v) is 7.83. The lowest BCUT2D eigenvalue weighted by molar-refractivity contribution is -0.117. The fourth-order valence-corrected chi connectivity index (χ4v) is 3.35. The van der Waals surface area contributed by atoms with Gasteiger partial charge in [0, 0.05) is 18.9 Å². The Morgan fingerprint density at radius 3 is 2.67 bits per heavy atom. The summed E-state index contributed by atoms with van der Waals surface area (Å²) in [6, 6.07) is 4.31. The monoisotopic (exact) mass is 313 g/mol. The van der Waals surface area contributed by atoms with E-state index < -0.39 is 21.9 Å². The van der Waals surface area contributed by atoms with Gasteiger partial charge in [-0.25, -0.2) is 18.4 Å². The number of nitrogens with zero attached hydrogens (tertiary/aromatic N) is 1. The Morgan fingerprint density at radius 1 is 1.43 bits per heavy atom. The number of benzene rings is 1. The number of primary sulfonamides is 1. The second kappa shape index (κ2) is 5.34. The smallest absolute Gasteiger partial charge is 0.337 e. The first-order chi connectivity index (χ1) is 9.69. The highest BCUT2D eigenvalue weighted by atomic mass is 32.2. The van der Waals surface area contributed by atoms with Crippen molar-refractivity contribution in [2.24, 2.45) is 11.1 Å². The quantitative estimate of drug-likeness (QED) is 0.646. The van der Waals surface area contributed by atoms with Crippen LogP contribution in [0.25, 0.3) is 0 Å². The van der Waals surface area contributed by atoms with Crippen LogP contribution in [0, 0.1) is 5.92 Å². The second-order valence-corrected chi connectivity index (χ2v) is 6.61. The summed E-state index contributed by atoms with van der Waals surface area (Å²) in [6.45, 7) is 0.0732. The average Bonchev–Trinajstić information content (AvgIpc) is 2.66. The molecule has 1 atom stereocenters. The van der Waals surface area contributed by atoms with E-state index in [1.165, 1.54) is 23.1 Å². The minimum atomic E-state index is -3.70. The highest BCUT2D eigenvalue weighted by Crippen LogP contribution is 2.33. The summed E-state index contributed by atoms with van der Waals surface area (Å²) in [5.41, 5.74) is 5.93. The molecule has 21 heavy (non-hydrogen) atoms. The number of hydrogen-bond donors (Lipinski definition) is 3. The molecule has 1 saturated heterocycles. The van der Waals surface area contributed by atoms with Gasteiger partial charge in [0.2, 0.25) is 15.9 Å². The number of para-hydroxylation sites is 1. The van der Waals surface area contributed by atoms with E-state index in [9.17, 15) is 23.1 Å². The number of carbonyl (C=O) groups excluding carboxylic acids is 1.